The van der Waals surface area contributed by atoms with E-state index in [0.717, 1.165) is 12.1 Å². The summed E-state index contributed by atoms with van der Waals surface area (Å²) in [6.07, 6.45) is -0.000241. The minimum atomic E-state index is -1.30. The molecule has 1 aromatic rings. The van der Waals surface area contributed by atoms with E-state index in [4.69, 9.17) is 10.4 Å². The Bertz CT molecular complexity index is 428. The van der Waals surface area contributed by atoms with Gasteiger partial charge in [0.05, 0.1) is 12.5 Å². The van der Waals surface area contributed by atoms with E-state index in [1.165, 1.54) is 0 Å². The van der Waals surface area contributed by atoms with Gasteiger partial charge in [-0.2, -0.15) is 9.65 Å². The molecule has 0 fully saturated rings. The van der Waals surface area contributed by atoms with E-state index in [0.29, 0.717) is 0 Å². The lowest BCUT2D eigenvalue weighted by Gasteiger charge is -1.97. The van der Waals surface area contributed by atoms with Gasteiger partial charge in [0.1, 0.15) is 0 Å². The molecule has 70 valence electrons. The quantitative estimate of drug-likeness (QED) is 0.640. The lowest BCUT2D eigenvalue weighted by Crippen LogP contribution is -1.86. The number of hydrogen-bond acceptors (Lipinski definition) is 2. The van der Waals surface area contributed by atoms with Gasteiger partial charge in [-0.1, -0.05) is 11.8 Å². The Balaban J connectivity index is 3.04. The maximum atomic E-state index is 12.7. The Labute approximate surface area is 79.4 Å². The van der Waals surface area contributed by atoms with Crippen LogP contribution in [0.4, 0.5) is 8.78 Å². The Hall–Kier alpha value is -2.07. The van der Waals surface area contributed by atoms with Gasteiger partial charge in [0.2, 0.25) is 0 Å². The molecule has 14 heavy (non-hydrogen) atoms. The smallest absolute Gasteiger partial charge is 0.200 e. The van der Waals surface area contributed by atoms with Crippen LogP contribution < -0.4 is 0 Å². The number of nitrogens with zero attached hydrogens (tertiary/aromatic N) is 1. The maximum Gasteiger partial charge on any atom is 0.200 e. The number of rotatable bonds is 0. The van der Waals surface area contributed by atoms with Gasteiger partial charge in [-0.05, 0) is 12.1 Å². The molecule has 0 aliphatic heterocycles. The molecule has 0 saturated heterocycles. The Morgan fingerprint density at radius 3 is 2.64 bits per heavy atom. The topological polar surface area (TPSA) is 44.0 Å². The van der Waals surface area contributed by atoms with E-state index in [1.807, 2.05) is 0 Å². The van der Waals surface area contributed by atoms with Crippen LogP contribution in [0.5, 0.6) is 5.75 Å². The number of halogens is 2. The summed E-state index contributed by atoms with van der Waals surface area (Å²) in [5.74, 6) is 1.59. The summed E-state index contributed by atoms with van der Waals surface area (Å²) in [5, 5.41) is 17.1. The van der Waals surface area contributed by atoms with Crippen molar-refractivity contribution in [3.8, 4) is 23.7 Å². The molecule has 1 rings (SSSR count). The van der Waals surface area contributed by atoms with E-state index < -0.39 is 17.4 Å². The standard InChI is InChI=1S/C10H5F2NO/c11-8-5-7(3-1-2-4-13)6-9(14)10(8)12/h5-6,14H,2H2. The zero-order valence-electron chi connectivity index (χ0n) is 7.01. The summed E-state index contributed by atoms with van der Waals surface area (Å²) < 4.78 is 25.3. The highest BCUT2D eigenvalue weighted by atomic mass is 19.2. The largest absolute Gasteiger partial charge is 0.505 e. The minimum absolute atomic E-state index is 0.000241. The van der Waals surface area contributed by atoms with Crippen LogP contribution in [-0.4, -0.2) is 5.11 Å². The normalized spacial score (nSPS) is 8.64. The number of aromatic hydroxyl groups is 1. The molecule has 0 aromatic heterocycles. The van der Waals surface area contributed by atoms with Crippen molar-refractivity contribution in [3.05, 3.63) is 29.3 Å². The van der Waals surface area contributed by atoms with Gasteiger partial charge in [-0.25, -0.2) is 4.39 Å². The first-order valence-corrected chi connectivity index (χ1v) is 3.69. The lowest BCUT2D eigenvalue weighted by atomic mass is 10.2. The van der Waals surface area contributed by atoms with Gasteiger partial charge in [0.25, 0.3) is 0 Å². The average Bonchev–Trinajstić information content (AvgIpc) is 2.14. The summed E-state index contributed by atoms with van der Waals surface area (Å²) in [4.78, 5) is 0. The molecule has 0 atom stereocenters. The first-order valence-electron chi connectivity index (χ1n) is 3.69. The molecule has 0 saturated carbocycles. The monoisotopic (exact) mass is 193 g/mol. The van der Waals surface area contributed by atoms with Crippen LogP contribution in [0.15, 0.2) is 12.1 Å². The predicted octanol–water partition coefficient (Wildman–Crippen LogP) is 1.94. The Kier molecular flexibility index (Phi) is 3.04. The zero-order valence-corrected chi connectivity index (χ0v) is 7.01. The summed E-state index contributed by atoms with van der Waals surface area (Å²) in [6.45, 7) is 0. The van der Waals surface area contributed by atoms with Crippen molar-refractivity contribution < 1.29 is 13.9 Å². The van der Waals surface area contributed by atoms with Crippen molar-refractivity contribution in [3.63, 3.8) is 0 Å². The maximum absolute atomic E-state index is 12.7. The second-order valence-corrected chi connectivity index (χ2v) is 2.43. The third-order valence-electron chi connectivity index (χ3n) is 1.41. The van der Waals surface area contributed by atoms with Crippen molar-refractivity contribution in [2.45, 2.75) is 6.42 Å². The third-order valence-corrected chi connectivity index (χ3v) is 1.41. The SMILES string of the molecule is N#CCC#Cc1cc(O)c(F)c(F)c1. The molecule has 0 bridgehead atoms. The van der Waals surface area contributed by atoms with Crippen LogP contribution >= 0.6 is 0 Å². The van der Waals surface area contributed by atoms with Crippen molar-refractivity contribution in [2.75, 3.05) is 0 Å². The summed E-state index contributed by atoms with van der Waals surface area (Å²) >= 11 is 0. The number of nitriles is 1. The molecule has 4 heteroatoms. The fraction of sp³-hybridized carbons (Fsp3) is 0.100. The molecule has 0 heterocycles. The summed E-state index contributed by atoms with van der Waals surface area (Å²) in [7, 11) is 0. The first-order chi connectivity index (χ1) is 6.65. The molecule has 0 amide bonds. The molecule has 1 aromatic carbocycles. The van der Waals surface area contributed by atoms with Gasteiger partial charge in [0.15, 0.2) is 17.4 Å². The third kappa shape index (κ3) is 2.21. The average molecular weight is 193 g/mol. The van der Waals surface area contributed by atoms with Crippen molar-refractivity contribution >= 4 is 0 Å². The molecule has 2 nitrogen and oxygen atoms in total. The van der Waals surface area contributed by atoms with Crippen LogP contribution in [0.2, 0.25) is 0 Å². The second kappa shape index (κ2) is 4.25. The van der Waals surface area contributed by atoms with Crippen LogP contribution in [0.3, 0.4) is 0 Å². The second-order valence-electron chi connectivity index (χ2n) is 2.43. The number of phenols is 1. The molecule has 0 radical (unpaired) electrons. The van der Waals surface area contributed by atoms with Crippen LogP contribution in [0.1, 0.15) is 12.0 Å². The number of hydrogen-bond donors (Lipinski definition) is 1. The first kappa shape index (κ1) is 10.0. The fourth-order valence-electron chi connectivity index (χ4n) is 0.833. The van der Waals surface area contributed by atoms with Gasteiger partial charge in [0, 0.05) is 5.56 Å². The highest BCUT2D eigenvalue weighted by Gasteiger charge is 2.07. The summed E-state index contributed by atoms with van der Waals surface area (Å²) in [5.41, 5.74) is 0.136. The highest BCUT2D eigenvalue weighted by Crippen LogP contribution is 2.19. The van der Waals surface area contributed by atoms with Crippen molar-refractivity contribution in [1.29, 1.82) is 5.26 Å². The molecular formula is C10H5F2NO. The lowest BCUT2D eigenvalue weighted by molar-refractivity contribution is 0.407. The number of phenolic OH excluding ortho intramolecular Hbond substituents is 1. The molecule has 0 unspecified atom stereocenters. The molecular weight excluding hydrogens is 188 g/mol. The highest BCUT2D eigenvalue weighted by molar-refractivity contribution is 5.40. The summed E-state index contributed by atoms with van der Waals surface area (Å²) in [6, 6.07) is 3.64. The van der Waals surface area contributed by atoms with E-state index in [9.17, 15) is 8.78 Å². The molecule has 1 N–H and O–H groups in total. The van der Waals surface area contributed by atoms with Crippen molar-refractivity contribution in [2.24, 2.45) is 0 Å². The van der Waals surface area contributed by atoms with E-state index in [2.05, 4.69) is 11.8 Å². The molecule has 0 aliphatic carbocycles. The fourth-order valence-corrected chi connectivity index (χ4v) is 0.833. The van der Waals surface area contributed by atoms with Crippen LogP contribution in [0, 0.1) is 34.8 Å². The van der Waals surface area contributed by atoms with Crippen molar-refractivity contribution in [1.82, 2.24) is 0 Å². The minimum Gasteiger partial charge on any atom is -0.505 e. The number of benzene rings is 1. The van der Waals surface area contributed by atoms with Crippen LogP contribution in [-0.2, 0) is 0 Å². The van der Waals surface area contributed by atoms with Gasteiger partial charge < -0.3 is 5.11 Å². The Morgan fingerprint density at radius 1 is 1.36 bits per heavy atom. The van der Waals surface area contributed by atoms with E-state index in [-0.39, 0.29) is 12.0 Å². The van der Waals surface area contributed by atoms with E-state index in [1.54, 1.807) is 6.07 Å². The van der Waals surface area contributed by atoms with E-state index >= 15 is 0 Å². The zero-order chi connectivity index (χ0) is 10.6. The van der Waals surface area contributed by atoms with Crippen LogP contribution in [0.25, 0.3) is 0 Å². The predicted molar refractivity (Wildman–Crippen MR) is 45.1 cm³/mol. The van der Waals surface area contributed by atoms with Gasteiger partial charge in [-0.3, -0.25) is 0 Å². The molecule has 0 aliphatic rings. The van der Waals surface area contributed by atoms with Gasteiger partial charge in [-0.15, -0.1) is 0 Å². The van der Waals surface area contributed by atoms with Gasteiger partial charge >= 0.3 is 0 Å². The molecule has 0 spiro atoms. The Morgan fingerprint density at radius 2 is 2.07 bits per heavy atom.